The Balaban J connectivity index is 2.25. The monoisotopic (exact) mass is 183 g/mol. The van der Waals surface area contributed by atoms with Gasteiger partial charge in [-0.3, -0.25) is 0 Å². The van der Waals surface area contributed by atoms with Gasteiger partial charge in [-0.15, -0.1) is 0 Å². The van der Waals surface area contributed by atoms with Gasteiger partial charge in [0.15, 0.2) is 0 Å². The van der Waals surface area contributed by atoms with E-state index in [0.29, 0.717) is 0 Å². The fraction of sp³-hybridized carbons (Fsp3) is 1.00. The molecule has 1 rings (SSSR count). The van der Waals surface area contributed by atoms with Gasteiger partial charge in [0.2, 0.25) is 0 Å². The van der Waals surface area contributed by atoms with Gasteiger partial charge < -0.3 is 5.73 Å². The molecule has 1 saturated carbocycles. The summed E-state index contributed by atoms with van der Waals surface area (Å²) in [6.07, 6.45) is 8.62. The van der Waals surface area contributed by atoms with E-state index in [0.717, 1.165) is 24.3 Å². The summed E-state index contributed by atoms with van der Waals surface area (Å²) < 4.78 is 0. The van der Waals surface area contributed by atoms with Crippen molar-refractivity contribution in [3.63, 3.8) is 0 Å². The molecule has 13 heavy (non-hydrogen) atoms. The van der Waals surface area contributed by atoms with E-state index in [9.17, 15) is 0 Å². The molecule has 0 aromatic carbocycles. The van der Waals surface area contributed by atoms with Gasteiger partial charge in [0.1, 0.15) is 0 Å². The van der Waals surface area contributed by atoms with Gasteiger partial charge in [-0.1, -0.05) is 39.5 Å². The molecule has 0 amide bonds. The second-order valence-electron chi connectivity index (χ2n) is 4.88. The van der Waals surface area contributed by atoms with Crippen molar-refractivity contribution in [1.82, 2.24) is 0 Å². The Hall–Kier alpha value is -0.0400. The lowest BCUT2D eigenvalue weighted by Crippen LogP contribution is -2.20. The Kier molecular flexibility index (Phi) is 4.79. The molecule has 1 heteroatoms. The Labute approximate surface area is 83.1 Å². The van der Waals surface area contributed by atoms with Crippen LogP contribution in [-0.4, -0.2) is 6.54 Å². The van der Waals surface area contributed by atoms with Gasteiger partial charge in [-0.05, 0) is 37.1 Å². The van der Waals surface area contributed by atoms with E-state index in [-0.39, 0.29) is 0 Å². The molecule has 0 spiro atoms. The van der Waals surface area contributed by atoms with E-state index in [2.05, 4.69) is 13.8 Å². The van der Waals surface area contributed by atoms with Crippen LogP contribution in [0.4, 0.5) is 0 Å². The molecule has 0 saturated heterocycles. The molecular formula is C12H25N. The Morgan fingerprint density at radius 1 is 1.31 bits per heavy atom. The molecule has 1 nitrogen and oxygen atoms in total. The summed E-state index contributed by atoms with van der Waals surface area (Å²) in [4.78, 5) is 0. The normalized spacial score (nSPS) is 31.6. The predicted octanol–water partition coefficient (Wildman–Crippen LogP) is 3.19. The van der Waals surface area contributed by atoms with Crippen molar-refractivity contribution in [2.45, 2.75) is 52.4 Å². The molecule has 0 aliphatic heterocycles. The molecule has 0 bridgehead atoms. The van der Waals surface area contributed by atoms with Crippen LogP contribution in [0.1, 0.15) is 52.4 Å². The van der Waals surface area contributed by atoms with Crippen LogP contribution in [0.2, 0.25) is 0 Å². The van der Waals surface area contributed by atoms with Gasteiger partial charge in [-0.25, -0.2) is 0 Å². The zero-order valence-corrected chi connectivity index (χ0v) is 9.26. The van der Waals surface area contributed by atoms with Gasteiger partial charge in [-0.2, -0.15) is 0 Å². The fourth-order valence-electron chi connectivity index (χ4n) is 2.65. The minimum absolute atomic E-state index is 0.737. The van der Waals surface area contributed by atoms with Crippen molar-refractivity contribution in [2.24, 2.45) is 23.5 Å². The Morgan fingerprint density at radius 3 is 2.62 bits per heavy atom. The molecule has 3 unspecified atom stereocenters. The van der Waals surface area contributed by atoms with E-state index in [1.165, 1.54) is 38.5 Å². The molecule has 0 aromatic rings. The van der Waals surface area contributed by atoms with E-state index >= 15 is 0 Å². The standard InChI is InChI=1S/C12H25N/c1-3-11-5-4-6-12(8-11)7-10(2)9-13/h10-12H,3-9,13H2,1-2H3. The van der Waals surface area contributed by atoms with Crippen LogP contribution in [0, 0.1) is 17.8 Å². The highest BCUT2D eigenvalue weighted by molar-refractivity contribution is 4.74. The van der Waals surface area contributed by atoms with Gasteiger partial charge in [0.25, 0.3) is 0 Å². The number of hydrogen-bond acceptors (Lipinski definition) is 1. The van der Waals surface area contributed by atoms with Gasteiger partial charge in [0.05, 0.1) is 0 Å². The zero-order chi connectivity index (χ0) is 9.68. The average molecular weight is 183 g/mol. The van der Waals surface area contributed by atoms with Crippen LogP contribution in [-0.2, 0) is 0 Å². The predicted molar refractivity (Wildman–Crippen MR) is 58.6 cm³/mol. The number of rotatable bonds is 4. The van der Waals surface area contributed by atoms with Crippen molar-refractivity contribution in [1.29, 1.82) is 0 Å². The molecule has 0 aromatic heterocycles. The summed E-state index contributed by atoms with van der Waals surface area (Å²) >= 11 is 0. The molecule has 0 heterocycles. The first-order valence-electron chi connectivity index (χ1n) is 5.96. The second-order valence-corrected chi connectivity index (χ2v) is 4.88. The third-order valence-corrected chi connectivity index (χ3v) is 3.61. The molecule has 1 aliphatic rings. The third-order valence-electron chi connectivity index (χ3n) is 3.61. The van der Waals surface area contributed by atoms with Crippen molar-refractivity contribution in [3.8, 4) is 0 Å². The van der Waals surface area contributed by atoms with Crippen molar-refractivity contribution >= 4 is 0 Å². The number of hydrogen-bond donors (Lipinski definition) is 1. The maximum absolute atomic E-state index is 5.66. The van der Waals surface area contributed by atoms with Crippen molar-refractivity contribution in [2.75, 3.05) is 6.54 Å². The van der Waals surface area contributed by atoms with Gasteiger partial charge >= 0.3 is 0 Å². The molecule has 2 N–H and O–H groups in total. The Bertz CT molecular complexity index is 131. The van der Waals surface area contributed by atoms with Crippen LogP contribution in [0.3, 0.4) is 0 Å². The summed E-state index contributed by atoms with van der Waals surface area (Å²) in [7, 11) is 0. The quantitative estimate of drug-likeness (QED) is 0.711. The topological polar surface area (TPSA) is 26.0 Å². The average Bonchev–Trinajstić information content (AvgIpc) is 2.18. The summed E-state index contributed by atoms with van der Waals surface area (Å²) in [6.45, 7) is 5.49. The first kappa shape index (κ1) is 11.0. The van der Waals surface area contributed by atoms with Crippen molar-refractivity contribution in [3.05, 3.63) is 0 Å². The smallest absolute Gasteiger partial charge is 0.00514 e. The number of nitrogens with two attached hydrogens (primary N) is 1. The van der Waals surface area contributed by atoms with E-state index in [1.807, 2.05) is 0 Å². The van der Waals surface area contributed by atoms with E-state index < -0.39 is 0 Å². The SMILES string of the molecule is CCC1CCCC(CC(C)CN)C1. The minimum atomic E-state index is 0.737. The lowest BCUT2D eigenvalue weighted by molar-refractivity contribution is 0.229. The highest BCUT2D eigenvalue weighted by Gasteiger charge is 2.21. The largest absolute Gasteiger partial charge is 0.330 e. The Morgan fingerprint density at radius 2 is 2.00 bits per heavy atom. The molecule has 78 valence electrons. The molecule has 1 fully saturated rings. The lowest BCUT2D eigenvalue weighted by Gasteiger charge is -2.29. The van der Waals surface area contributed by atoms with Crippen LogP contribution >= 0.6 is 0 Å². The summed E-state index contributed by atoms with van der Waals surface area (Å²) in [5.41, 5.74) is 5.66. The lowest BCUT2D eigenvalue weighted by atomic mass is 9.77. The molecule has 3 atom stereocenters. The molecule has 1 aliphatic carbocycles. The summed E-state index contributed by atoms with van der Waals surface area (Å²) in [5.74, 6) is 2.74. The van der Waals surface area contributed by atoms with Crippen LogP contribution in [0.25, 0.3) is 0 Å². The van der Waals surface area contributed by atoms with Crippen LogP contribution in [0.15, 0.2) is 0 Å². The third kappa shape index (κ3) is 3.68. The van der Waals surface area contributed by atoms with E-state index in [1.54, 1.807) is 0 Å². The second kappa shape index (κ2) is 5.64. The first-order chi connectivity index (χ1) is 6.26. The van der Waals surface area contributed by atoms with Gasteiger partial charge in [0, 0.05) is 0 Å². The van der Waals surface area contributed by atoms with Crippen LogP contribution in [0.5, 0.6) is 0 Å². The highest BCUT2D eigenvalue weighted by atomic mass is 14.5. The summed E-state index contributed by atoms with van der Waals surface area (Å²) in [5, 5.41) is 0. The maximum Gasteiger partial charge on any atom is -0.00514 e. The maximum atomic E-state index is 5.66. The highest BCUT2D eigenvalue weighted by Crippen LogP contribution is 2.34. The first-order valence-corrected chi connectivity index (χ1v) is 5.96. The zero-order valence-electron chi connectivity index (χ0n) is 9.26. The minimum Gasteiger partial charge on any atom is -0.330 e. The summed E-state index contributed by atoms with van der Waals surface area (Å²) in [6, 6.07) is 0. The van der Waals surface area contributed by atoms with E-state index in [4.69, 9.17) is 5.73 Å². The van der Waals surface area contributed by atoms with Crippen molar-refractivity contribution < 1.29 is 0 Å². The molecule has 0 radical (unpaired) electrons. The van der Waals surface area contributed by atoms with Crippen LogP contribution < -0.4 is 5.73 Å². The molecular weight excluding hydrogens is 158 g/mol. The fourth-order valence-corrected chi connectivity index (χ4v) is 2.65.